The zero-order valence-electron chi connectivity index (χ0n) is 13.6. The van der Waals surface area contributed by atoms with Crippen LogP contribution in [0.5, 0.6) is 5.75 Å². The number of ether oxygens (including phenoxy) is 1. The monoisotopic (exact) mass is 347 g/mol. The fourth-order valence-corrected chi connectivity index (χ4v) is 4.47. The first kappa shape index (κ1) is 16.6. The maximum absolute atomic E-state index is 12.9. The predicted octanol–water partition coefficient (Wildman–Crippen LogP) is 1.79. The van der Waals surface area contributed by atoms with E-state index in [1.165, 1.54) is 17.5 Å². The van der Waals surface area contributed by atoms with Gasteiger partial charge in [-0.15, -0.1) is 0 Å². The molecule has 1 aliphatic rings. The molecule has 0 amide bonds. The summed E-state index contributed by atoms with van der Waals surface area (Å²) in [7, 11) is -2.18. The van der Waals surface area contributed by atoms with Crippen LogP contribution < -0.4 is 15.4 Å². The van der Waals surface area contributed by atoms with E-state index < -0.39 is 10.0 Å². The Hall–Kier alpha value is -2.25. The van der Waals surface area contributed by atoms with Crippen LogP contribution in [-0.4, -0.2) is 46.0 Å². The Morgan fingerprint density at radius 3 is 2.29 bits per heavy atom. The molecule has 1 aliphatic heterocycles. The van der Waals surface area contributed by atoms with E-state index in [4.69, 9.17) is 10.5 Å². The third-order valence-electron chi connectivity index (χ3n) is 4.17. The summed E-state index contributed by atoms with van der Waals surface area (Å²) in [6.07, 6.45) is 0. The number of nitrogen functional groups attached to an aromatic ring is 1. The Kier molecular flexibility index (Phi) is 4.64. The van der Waals surface area contributed by atoms with Crippen LogP contribution in [0.15, 0.2) is 53.4 Å². The van der Waals surface area contributed by atoms with Gasteiger partial charge < -0.3 is 15.4 Å². The van der Waals surface area contributed by atoms with Crippen molar-refractivity contribution in [2.75, 3.05) is 43.9 Å². The van der Waals surface area contributed by atoms with Gasteiger partial charge in [0.15, 0.2) is 0 Å². The third kappa shape index (κ3) is 3.18. The van der Waals surface area contributed by atoms with Gasteiger partial charge in [0.1, 0.15) is 10.6 Å². The normalized spacial score (nSPS) is 16.1. The van der Waals surface area contributed by atoms with Crippen LogP contribution in [0.3, 0.4) is 0 Å². The Morgan fingerprint density at radius 1 is 1.00 bits per heavy atom. The minimum atomic E-state index is -3.63. The quantitative estimate of drug-likeness (QED) is 0.854. The number of rotatable bonds is 4. The van der Waals surface area contributed by atoms with Crippen molar-refractivity contribution in [2.45, 2.75) is 4.90 Å². The van der Waals surface area contributed by atoms with E-state index in [1.54, 1.807) is 12.1 Å². The van der Waals surface area contributed by atoms with Crippen molar-refractivity contribution in [3.05, 3.63) is 48.5 Å². The Labute approximate surface area is 142 Å². The van der Waals surface area contributed by atoms with E-state index in [9.17, 15) is 8.42 Å². The molecule has 2 N–H and O–H groups in total. The van der Waals surface area contributed by atoms with Gasteiger partial charge in [0.25, 0.3) is 0 Å². The Bertz CT molecular complexity index is 801. The largest absolute Gasteiger partial charge is 0.495 e. The summed E-state index contributed by atoms with van der Waals surface area (Å²) in [6.45, 7) is 2.14. The van der Waals surface area contributed by atoms with E-state index in [-0.39, 0.29) is 4.90 Å². The van der Waals surface area contributed by atoms with Crippen LogP contribution in [0.25, 0.3) is 0 Å². The number of hydrogen-bond acceptors (Lipinski definition) is 5. The van der Waals surface area contributed by atoms with Crippen LogP contribution in [0.2, 0.25) is 0 Å². The highest BCUT2D eigenvalue weighted by Gasteiger charge is 2.31. The molecule has 0 aromatic heterocycles. The maximum Gasteiger partial charge on any atom is 0.246 e. The van der Waals surface area contributed by atoms with Crippen molar-refractivity contribution >= 4 is 21.4 Å². The van der Waals surface area contributed by atoms with Gasteiger partial charge in [-0.25, -0.2) is 8.42 Å². The van der Waals surface area contributed by atoms with E-state index in [1.807, 2.05) is 30.3 Å². The van der Waals surface area contributed by atoms with Crippen LogP contribution in [-0.2, 0) is 10.0 Å². The second-order valence-corrected chi connectivity index (χ2v) is 7.54. The van der Waals surface area contributed by atoms with Gasteiger partial charge in [-0.2, -0.15) is 4.31 Å². The molecule has 0 bridgehead atoms. The summed E-state index contributed by atoms with van der Waals surface area (Å²) >= 11 is 0. The topological polar surface area (TPSA) is 75.9 Å². The summed E-state index contributed by atoms with van der Waals surface area (Å²) in [5.74, 6) is 0.315. The number of anilines is 2. The lowest BCUT2D eigenvalue weighted by molar-refractivity contribution is 0.374. The molecule has 1 fully saturated rings. The fourth-order valence-electron chi connectivity index (χ4n) is 2.86. The first-order valence-corrected chi connectivity index (χ1v) is 9.20. The highest BCUT2D eigenvalue weighted by atomic mass is 32.2. The zero-order chi connectivity index (χ0) is 17.2. The summed E-state index contributed by atoms with van der Waals surface area (Å²) in [4.78, 5) is 2.31. The predicted molar refractivity (Wildman–Crippen MR) is 94.8 cm³/mol. The number of nitrogens with two attached hydrogens (primary N) is 1. The molecule has 0 radical (unpaired) electrons. The van der Waals surface area contributed by atoms with Crippen molar-refractivity contribution in [1.82, 2.24) is 4.31 Å². The van der Waals surface area contributed by atoms with E-state index in [0.29, 0.717) is 37.6 Å². The molecule has 6 nitrogen and oxygen atoms in total. The number of piperazine rings is 1. The van der Waals surface area contributed by atoms with Gasteiger partial charge in [0.2, 0.25) is 10.0 Å². The molecule has 3 rings (SSSR count). The van der Waals surface area contributed by atoms with Crippen molar-refractivity contribution in [3.8, 4) is 5.75 Å². The fraction of sp³-hybridized carbons (Fsp3) is 0.294. The number of benzene rings is 2. The van der Waals surface area contributed by atoms with Crippen LogP contribution in [0.1, 0.15) is 0 Å². The highest BCUT2D eigenvalue weighted by Crippen LogP contribution is 2.29. The van der Waals surface area contributed by atoms with Crippen LogP contribution in [0, 0.1) is 0 Å². The van der Waals surface area contributed by atoms with Crippen LogP contribution in [0.4, 0.5) is 11.4 Å². The zero-order valence-corrected chi connectivity index (χ0v) is 14.4. The smallest absolute Gasteiger partial charge is 0.246 e. The minimum absolute atomic E-state index is 0.123. The van der Waals surface area contributed by atoms with Gasteiger partial charge in [0, 0.05) is 37.6 Å². The first-order chi connectivity index (χ1) is 11.5. The molecule has 0 atom stereocenters. The lowest BCUT2D eigenvalue weighted by atomic mass is 10.2. The maximum atomic E-state index is 12.9. The Balaban J connectivity index is 1.79. The second kappa shape index (κ2) is 6.70. The standard InChI is InChI=1S/C17H21N3O3S/c1-23-16-8-7-14(18)13-17(16)24(21,22)20-11-9-19(10-12-20)15-5-3-2-4-6-15/h2-8,13H,9-12,18H2,1H3. The summed E-state index contributed by atoms with van der Waals surface area (Å²) in [6, 6.07) is 14.7. The number of nitrogens with zero attached hydrogens (tertiary/aromatic N) is 2. The van der Waals surface area contributed by atoms with E-state index in [0.717, 1.165) is 5.69 Å². The van der Waals surface area contributed by atoms with Gasteiger partial charge >= 0.3 is 0 Å². The average molecular weight is 347 g/mol. The molecule has 2 aromatic carbocycles. The molecule has 0 spiro atoms. The molecule has 1 saturated heterocycles. The summed E-state index contributed by atoms with van der Waals surface area (Å²) in [5.41, 5.74) is 7.27. The van der Waals surface area contributed by atoms with Crippen molar-refractivity contribution in [3.63, 3.8) is 0 Å². The SMILES string of the molecule is COc1ccc(N)cc1S(=O)(=O)N1CCN(c2ccccc2)CC1. The average Bonchev–Trinajstić information content (AvgIpc) is 2.62. The first-order valence-electron chi connectivity index (χ1n) is 7.76. The molecule has 24 heavy (non-hydrogen) atoms. The third-order valence-corrected chi connectivity index (χ3v) is 6.09. The summed E-state index contributed by atoms with van der Waals surface area (Å²) in [5, 5.41) is 0. The van der Waals surface area contributed by atoms with Crippen LogP contribution >= 0.6 is 0 Å². The lowest BCUT2D eigenvalue weighted by Gasteiger charge is -2.35. The molecule has 0 unspecified atom stereocenters. The number of sulfonamides is 1. The molecule has 1 heterocycles. The number of hydrogen-bond donors (Lipinski definition) is 1. The second-order valence-electron chi connectivity index (χ2n) is 5.64. The minimum Gasteiger partial charge on any atom is -0.495 e. The highest BCUT2D eigenvalue weighted by molar-refractivity contribution is 7.89. The van der Waals surface area contributed by atoms with Gasteiger partial charge in [-0.1, -0.05) is 18.2 Å². The molecule has 128 valence electrons. The molecular weight excluding hydrogens is 326 g/mol. The van der Waals surface area contributed by atoms with Gasteiger partial charge in [0.05, 0.1) is 7.11 Å². The molecule has 2 aromatic rings. The number of methoxy groups -OCH3 is 1. The Morgan fingerprint density at radius 2 is 1.67 bits per heavy atom. The molecule has 0 saturated carbocycles. The van der Waals surface area contributed by atoms with E-state index >= 15 is 0 Å². The van der Waals surface area contributed by atoms with Crippen molar-refractivity contribution in [1.29, 1.82) is 0 Å². The molecule has 0 aliphatic carbocycles. The molecular formula is C17H21N3O3S. The lowest BCUT2D eigenvalue weighted by Crippen LogP contribution is -2.48. The van der Waals surface area contributed by atoms with Gasteiger partial charge in [-0.3, -0.25) is 0 Å². The number of para-hydroxylation sites is 1. The van der Waals surface area contributed by atoms with E-state index in [2.05, 4.69) is 4.90 Å². The summed E-state index contributed by atoms with van der Waals surface area (Å²) < 4.78 is 32.6. The van der Waals surface area contributed by atoms with Crippen molar-refractivity contribution in [2.24, 2.45) is 0 Å². The van der Waals surface area contributed by atoms with Crippen molar-refractivity contribution < 1.29 is 13.2 Å². The van der Waals surface area contributed by atoms with Gasteiger partial charge in [-0.05, 0) is 30.3 Å². The molecule has 7 heteroatoms.